The molecule has 11 heteroatoms. The highest BCUT2D eigenvalue weighted by Gasteiger charge is 2.52. The maximum atomic E-state index is 12.9. The van der Waals surface area contributed by atoms with Gasteiger partial charge in [-0.25, -0.2) is 0 Å². The zero-order chi connectivity index (χ0) is 17.3. The van der Waals surface area contributed by atoms with Crippen molar-refractivity contribution < 1.29 is 35.8 Å². The largest absolute Gasteiger partial charge is 0.423 e. The molecule has 0 amide bonds. The average molecular weight is 397 g/mol. The number of rotatable bonds is 4. The van der Waals surface area contributed by atoms with E-state index in [9.17, 15) is 26.3 Å². The van der Waals surface area contributed by atoms with Crippen LogP contribution in [0.3, 0.4) is 0 Å². The average Bonchev–Trinajstić information content (AvgIpc) is 2.36. The summed E-state index contributed by atoms with van der Waals surface area (Å²) in [6, 6.07) is 0.668. The molecule has 22 heavy (non-hydrogen) atoms. The van der Waals surface area contributed by atoms with Crippen molar-refractivity contribution in [2.24, 2.45) is 0 Å². The van der Waals surface area contributed by atoms with Crippen molar-refractivity contribution in [2.75, 3.05) is 24.8 Å². The number of anilines is 1. The maximum absolute atomic E-state index is 12.9. The number of alkyl halides is 6. The van der Waals surface area contributed by atoms with Gasteiger partial charge in [-0.3, -0.25) is 0 Å². The second-order valence-corrected chi connectivity index (χ2v) is 5.36. The van der Waals surface area contributed by atoms with Gasteiger partial charge in [0.2, 0.25) is 6.20 Å². The molecule has 3 N–H and O–H groups in total. The number of hydrogen-bond acceptors (Lipinski definition) is 3. The first-order valence-corrected chi connectivity index (χ1v) is 6.55. The molecule has 0 spiro atoms. The smallest absolute Gasteiger partial charge is 0.394 e. The predicted molar refractivity (Wildman–Crippen MR) is 69.4 cm³/mol. The van der Waals surface area contributed by atoms with Crippen molar-refractivity contribution in [3.8, 4) is 0 Å². The van der Waals surface area contributed by atoms with Gasteiger partial charge < -0.3 is 10.5 Å². The van der Waals surface area contributed by atoms with Gasteiger partial charge in [-0.15, -0.1) is 0 Å². The van der Waals surface area contributed by atoms with Crippen LogP contribution in [0.1, 0.15) is 12.5 Å². The molecule has 0 saturated carbocycles. The molecule has 1 atom stereocenters. The van der Waals surface area contributed by atoms with Gasteiger partial charge in [-0.2, -0.15) is 31.8 Å². The first-order chi connectivity index (χ1) is 9.82. The number of nitrogens with zero attached hydrogens (tertiary/aromatic N) is 1. The molecule has 0 saturated heterocycles. The van der Waals surface area contributed by atoms with E-state index in [4.69, 9.17) is 5.73 Å². The minimum atomic E-state index is -4.72. The van der Waals surface area contributed by atoms with E-state index in [-0.39, 0.29) is 5.69 Å². The summed E-state index contributed by atoms with van der Waals surface area (Å²) in [6.07, 6.45) is -8.41. The van der Waals surface area contributed by atoms with Crippen LogP contribution >= 0.6 is 15.9 Å². The van der Waals surface area contributed by atoms with Crippen molar-refractivity contribution >= 4 is 21.6 Å². The Kier molecular flexibility index (Phi) is 5.22. The van der Waals surface area contributed by atoms with Crippen molar-refractivity contribution in [1.29, 1.82) is 0 Å². The third-order valence-electron chi connectivity index (χ3n) is 2.97. The van der Waals surface area contributed by atoms with Crippen LogP contribution in [-0.2, 0) is 10.9 Å². The van der Waals surface area contributed by atoms with E-state index in [1.807, 2.05) is 0 Å². The van der Waals surface area contributed by atoms with E-state index in [1.165, 1.54) is 0 Å². The summed E-state index contributed by atoms with van der Waals surface area (Å²) in [5.74, 6) is 0. The predicted octanol–water partition coefficient (Wildman–Crippen LogP) is 2.85. The zero-order valence-corrected chi connectivity index (χ0v) is 13.0. The molecule has 0 aromatic carbocycles. The third kappa shape index (κ3) is 3.94. The molecule has 1 aromatic heterocycles. The Balaban J connectivity index is 3.12. The Morgan fingerprint density at radius 1 is 1.27 bits per heavy atom. The molecule has 0 aliphatic rings. The third-order valence-corrected chi connectivity index (χ3v) is 3.77. The highest BCUT2D eigenvalue weighted by atomic mass is 79.9. The molecule has 1 unspecified atom stereocenters. The SMILES string of the molecule is COC(C)(CN[n+]1cc(N)cc(C(F)(F)F)c1Br)C(F)(F)F. The van der Waals surface area contributed by atoms with Gasteiger partial charge in [0.1, 0.15) is 17.8 Å². The molecule has 1 aromatic rings. The van der Waals surface area contributed by atoms with E-state index in [1.54, 1.807) is 0 Å². The summed E-state index contributed by atoms with van der Waals surface area (Å²) >= 11 is 2.69. The number of aromatic nitrogens is 1. The van der Waals surface area contributed by atoms with Crippen LogP contribution in [-0.4, -0.2) is 25.4 Å². The summed E-state index contributed by atoms with van der Waals surface area (Å²) in [5.41, 5.74) is 3.59. The van der Waals surface area contributed by atoms with Crippen molar-refractivity contribution in [1.82, 2.24) is 0 Å². The minimum absolute atomic E-state index is 0.269. The lowest BCUT2D eigenvalue weighted by molar-refractivity contribution is -0.663. The molecule has 0 aliphatic heterocycles. The molecular weight excluding hydrogens is 384 g/mol. The Morgan fingerprint density at radius 2 is 1.82 bits per heavy atom. The minimum Gasteiger partial charge on any atom is -0.394 e. The molecule has 1 rings (SSSR count). The van der Waals surface area contributed by atoms with Gasteiger partial charge in [0.15, 0.2) is 5.60 Å². The molecular formula is C11H13BrF6N3O+. The summed E-state index contributed by atoms with van der Waals surface area (Å²) in [4.78, 5) is 0. The number of nitrogen functional groups attached to an aromatic ring is 1. The van der Waals surface area contributed by atoms with Crippen LogP contribution in [0.5, 0.6) is 0 Å². The second-order valence-electron chi connectivity index (χ2n) is 4.61. The molecule has 4 nitrogen and oxygen atoms in total. The fourth-order valence-electron chi connectivity index (χ4n) is 1.44. The van der Waals surface area contributed by atoms with E-state index in [0.29, 0.717) is 6.07 Å². The molecule has 126 valence electrons. The van der Waals surface area contributed by atoms with Crippen LogP contribution in [0.4, 0.5) is 32.0 Å². The highest BCUT2D eigenvalue weighted by Crippen LogP contribution is 2.34. The topological polar surface area (TPSA) is 51.2 Å². The maximum Gasteiger partial charge on any atom is 0.423 e. The summed E-state index contributed by atoms with van der Waals surface area (Å²) in [6.45, 7) is -0.0531. The van der Waals surface area contributed by atoms with Gasteiger partial charge >= 0.3 is 12.4 Å². The van der Waals surface area contributed by atoms with Gasteiger partial charge in [0, 0.05) is 23.0 Å². The van der Waals surface area contributed by atoms with Crippen molar-refractivity contribution in [3.05, 3.63) is 22.4 Å². The lowest BCUT2D eigenvalue weighted by Gasteiger charge is -2.29. The summed E-state index contributed by atoms with van der Waals surface area (Å²) in [5, 5.41) is 0. The van der Waals surface area contributed by atoms with Crippen molar-refractivity contribution in [2.45, 2.75) is 24.9 Å². The lowest BCUT2D eigenvalue weighted by atomic mass is 10.1. The van der Waals surface area contributed by atoms with E-state index in [0.717, 1.165) is 24.9 Å². The normalized spacial score (nSPS) is 15.5. The number of ether oxygens (including phenoxy) is 1. The van der Waals surface area contributed by atoms with E-state index in [2.05, 4.69) is 26.1 Å². The Labute approximate surface area is 130 Å². The van der Waals surface area contributed by atoms with Gasteiger partial charge in [-0.1, -0.05) is 4.68 Å². The van der Waals surface area contributed by atoms with Crippen molar-refractivity contribution in [3.63, 3.8) is 0 Å². The fourth-order valence-corrected chi connectivity index (χ4v) is 2.00. The number of nitrogens with one attached hydrogen (secondary N) is 1. The molecule has 1 heterocycles. The molecule has 0 fully saturated rings. The molecule has 0 radical (unpaired) electrons. The standard InChI is InChI=1S/C11H13BrF6N3O/c1-9(22-2,11(16,17)18)5-20-21-4-6(19)3-7(8(21)12)10(13,14)15/h3-4,20H,5,19H2,1-2H3/q+1. The number of nitrogens with two attached hydrogens (primary N) is 1. The summed E-state index contributed by atoms with van der Waals surface area (Å²) in [7, 11) is 0.857. The number of hydrogen-bond donors (Lipinski definition) is 2. The van der Waals surface area contributed by atoms with Crippen LogP contribution in [0, 0.1) is 0 Å². The Hall–Kier alpha value is -1.23. The quantitative estimate of drug-likeness (QED) is 0.467. The molecule has 0 aliphatic carbocycles. The monoisotopic (exact) mass is 396 g/mol. The Bertz CT molecular complexity index is 548. The van der Waals surface area contributed by atoms with Gasteiger partial charge in [0.25, 0.3) is 4.60 Å². The van der Waals surface area contributed by atoms with E-state index < -0.39 is 34.7 Å². The van der Waals surface area contributed by atoms with Gasteiger partial charge in [0.05, 0.1) is 0 Å². The zero-order valence-electron chi connectivity index (χ0n) is 11.4. The first kappa shape index (κ1) is 18.8. The Morgan fingerprint density at radius 3 is 2.23 bits per heavy atom. The fraction of sp³-hybridized carbons (Fsp3) is 0.545. The lowest BCUT2D eigenvalue weighted by Crippen LogP contribution is -2.58. The van der Waals surface area contributed by atoms with Gasteiger partial charge in [-0.05, 0) is 13.0 Å². The second kappa shape index (κ2) is 6.11. The summed E-state index contributed by atoms with van der Waals surface area (Å²) < 4.78 is 81.7. The molecule has 0 bridgehead atoms. The van der Waals surface area contributed by atoms with E-state index >= 15 is 0 Å². The van der Waals surface area contributed by atoms with Crippen LogP contribution in [0.15, 0.2) is 16.9 Å². The number of pyridine rings is 1. The number of methoxy groups -OCH3 is 1. The van der Waals surface area contributed by atoms with Crippen LogP contribution < -0.4 is 15.8 Å². The highest BCUT2D eigenvalue weighted by molar-refractivity contribution is 9.10. The van der Waals surface area contributed by atoms with Crippen LogP contribution in [0.2, 0.25) is 0 Å². The first-order valence-electron chi connectivity index (χ1n) is 5.75. The number of halogens is 7. The van der Waals surface area contributed by atoms with Crippen LogP contribution in [0.25, 0.3) is 0 Å².